The van der Waals surface area contributed by atoms with E-state index in [0.29, 0.717) is 5.56 Å². The summed E-state index contributed by atoms with van der Waals surface area (Å²) in [6.07, 6.45) is 0.734. The van der Waals surface area contributed by atoms with Crippen LogP contribution in [0.3, 0.4) is 0 Å². The molecule has 1 atom stereocenters. The van der Waals surface area contributed by atoms with Gasteiger partial charge in [-0.05, 0) is 29.5 Å². The quantitative estimate of drug-likeness (QED) is 0.800. The van der Waals surface area contributed by atoms with Gasteiger partial charge in [-0.15, -0.1) is 0 Å². The second kappa shape index (κ2) is 4.27. The van der Waals surface area contributed by atoms with Gasteiger partial charge in [0.2, 0.25) is 0 Å². The molecule has 0 heterocycles. The van der Waals surface area contributed by atoms with Crippen molar-refractivity contribution >= 4 is 0 Å². The van der Waals surface area contributed by atoms with Crippen LogP contribution >= 0.6 is 0 Å². The highest BCUT2D eigenvalue weighted by Crippen LogP contribution is 2.28. The zero-order valence-corrected chi connectivity index (χ0v) is 9.35. The molecule has 0 aliphatic carbocycles. The van der Waals surface area contributed by atoms with E-state index in [9.17, 15) is 8.78 Å². The van der Waals surface area contributed by atoms with Crippen LogP contribution in [0.4, 0.5) is 8.78 Å². The Morgan fingerprint density at radius 1 is 1.20 bits per heavy atom. The van der Waals surface area contributed by atoms with Gasteiger partial charge in [0.15, 0.2) is 11.6 Å². The molecular weight excluding hydrogens is 196 g/mol. The van der Waals surface area contributed by atoms with Crippen molar-refractivity contribution in [2.24, 2.45) is 11.1 Å². The summed E-state index contributed by atoms with van der Waals surface area (Å²) < 4.78 is 25.6. The molecule has 0 amide bonds. The van der Waals surface area contributed by atoms with Gasteiger partial charge in [0.25, 0.3) is 0 Å². The molecule has 0 aromatic heterocycles. The van der Waals surface area contributed by atoms with Crippen LogP contribution in [-0.4, -0.2) is 0 Å². The normalized spacial score (nSPS) is 14.0. The molecule has 0 radical (unpaired) electrons. The molecule has 0 bridgehead atoms. The first-order valence-corrected chi connectivity index (χ1v) is 5.00. The molecule has 0 fully saturated rings. The second-order valence-electron chi connectivity index (χ2n) is 5.04. The number of benzene rings is 1. The molecule has 0 aliphatic rings. The predicted octanol–water partition coefficient (Wildman–Crippen LogP) is 3.40. The fraction of sp³-hybridized carbons (Fsp3) is 0.500. The minimum absolute atomic E-state index is 0.0737. The van der Waals surface area contributed by atoms with E-state index in [1.165, 1.54) is 12.1 Å². The van der Waals surface area contributed by atoms with Crippen LogP contribution in [0.15, 0.2) is 18.2 Å². The molecule has 1 rings (SSSR count). The van der Waals surface area contributed by atoms with Crippen molar-refractivity contribution in [1.82, 2.24) is 0 Å². The van der Waals surface area contributed by atoms with Crippen molar-refractivity contribution in [3.63, 3.8) is 0 Å². The maximum atomic E-state index is 12.9. The van der Waals surface area contributed by atoms with E-state index in [2.05, 4.69) is 20.8 Å². The van der Waals surface area contributed by atoms with Crippen LogP contribution in [-0.2, 0) is 0 Å². The molecule has 0 saturated heterocycles. The van der Waals surface area contributed by atoms with Gasteiger partial charge in [-0.3, -0.25) is 0 Å². The third-order valence-corrected chi connectivity index (χ3v) is 2.20. The minimum atomic E-state index is -0.836. The molecule has 0 unspecified atom stereocenters. The summed E-state index contributed by atoms with van der Waals surface area (Å²) >= 11 is 0. The molecular formula is C12H17F2N. The van der Waals surface area contributed by atoms with E-state index in [-0.39, 0.29) is 11.5 Å². The van der Waals surface area contributed by atoms with Gasteiger partial charge in [0.05, 0.1) is 0 Å². The number of hydrogen-bond acceptors (Lipinski definition) is 1. The van der Waals surface area contributed by atoms with Crippen LogP contribution in [0.5, 0.6) is 0 Å². The van der Waals surface area contributed by atoms with Gasteiger partial charge < -0.3 is 5.73 Å². The number of rotatable bonds is 2. The van der Waals surface area contributed by atoms with E-state index < -0.39 is 11.6 Å². The lowest BCUT2D eigenvalue weighted by Gasteiger charge is -2.23. The fourth-order valence-corrected chi connectivity index (χ4v) is 1.52. The van der Waals surface area contributed by atoms with Crippen LogP contribution in [0.2, 0.25) is 0 Å². The summed E-state index contributed by atoms with van der Waals surface area (Å²) in [4.78, 5) is 0. The Kier molecular flexibility index (Phi) is 3.45. The molecule has 0 aliphatic heterocycles. The third kappa shape index (κ3) is 3.59. The molecule has 1 aromatic rings. The molecule has 2 N–H and O–H groups in total. The summed E-state index contributed by atoms with van der Waals surface area (Å²) in [5, 5.41) is 0. The van der Waals surface area contributed by atoms with Crippen molar-refractivity contribution in [3.05, 3.63) is 35.4 Å². The van der Waals surface area contributed by atoms with Crippen molar-refractivity contribution in [2.45, 2.75) is 33.2 Å². The van der Waals surface area contributed by atoms with Gasteiger partial charge in [0, 0.05) is 6.04 Å². The highest BCUT2D eigenvalue weighted by atomic mass is 19.2. The summed E-state index contributed by atoms with van der Waals surface area (Å²) in [6.45, 7) is 6.19. The highest BCUT2D eigenvalue weighted by molar-refractivity contribution is 5.21. The van der Waals surface area contributed by atoms with Crippen LogP contribution in [0.1, 0.15) is 38.8 Å². The second-order valence-corrected chi connectivity index (χ2v) is 5.04. The van der Waals surface area contributed by atoms with Gasteiger partial charge in [-0.1, -0.05) is 26.8 Å². The molecule has 1 aromatic carbocycles. The molecule has 0 spiro atoms. The zero-order valence-electron chi connectivity index (χ0n) is 9.35. The lowest BCUT2D eigenvalue weighted by atomic mass is 9.86. The monoisotopic (exact) mass is 213 g/mol. The number of halogens is 2. The summed E-state index contributed by atoms with van der Waals surface area (Å²) in [6, 6.07) is 3.58. The molecule has 3 heteroatoms. The fourth-order valence-electron chi connectivity index (χ4n) is 1.52. The van der Waals surface area contributed by atoms with Crippen molar-refractivity contribution in [3.8, 4) is 0 Å². The first kappa shape index (κ1) is 12.1. The Morgan fingerprint density at radius 3 is 2.27 bits per heavy atom. The van der Waals surface area contributed by atoms with E-state index in [4.69, 9.17) is 5.73 Å². The largest absolute Gasteiger partial charge is 0.324 e. The van der Waals surface area contributed by atoms with Crippen molar-refractivity contribution in [1.29, 1.82) is 0 Å². The van der Waals surface area contributed by atoms with Gasteiger partial charge in [-0.2, -0.15) is 0 Å². The summed E-state index contributed by atoms with van der Waals surface area (Å²) in [7, 11) is 0. The lowest BCUT2D eigenvalue weighted by molar-refractivity contribution is 0.342. The minimum Gasteiger partial charge on any atom is -0.324 e. The van der Waals surface area contributed by atoms with E-state index >= 15 is 0 Å². The maximum Gasteiger partial charge on any atom is 0.159 e. The lowest BCUT2D eigenvalue weighted by Crippen LogP contribution is -2.18. The first-order chi connectivity index (χ1) is 6.79. The molecule has 0 saturated carbocycles. The SMILES string of the molecule is CC(C)(C)C[C@@H](N)c1ccc(F)c(F)c1. The van der Waals surface area contributed by atoms with Crippen LogP contribution in [0.25, 0.3) is 0 Å². The smallest absolute Gasteiger partial charge is 0.159 e. The summed E-state index contributed by atoms with van der Waals surface area (Å²) in [5.74, 6) is -1.67. The van der Waals surface area contributed by atoms with Gasteiger partial charge in [-0.25, -0.2) is 8.78 Å². The Labute approximate surface area is 89.3 Å². The predicted molar refractivity (Wildman–Crippen MR) is 57.4 cm³/mol. The van der Waals surface area contributed by atoms with Crippen LogP contribution < -0.4 is 5.73 Å². The van der Waals surface area contributed by atoms with Crippen LogP contribution in [0, 0.1) is 17.0 Å². The van der Waals surface area contributed by atoms with E-state index in [1.807, 2.05) is 0 Å². The molecule has 84 valence electrons. The average Bonchev–Trinajstić information content (AvgIpc) is 2.06. The number of nitrogens with two attached hydrogens (primary N) is 1. The third-order valence-electron chi connectivity index (χ3n) is 2.20. The molecule has 1 nitrogen and oxygen atoms in total. The van der Waals surface area contributed by atoms with Crippen molar-refractivity contribution < 1.29 is 8.78 Å². The Balaban J connectivity index is 2.83. The zero-order chi connectivity index (χ0) is 11.6. The Hall–Kier alpha value is -0.960. The molecule has 15 heavy (non-hydrogen) atoms. The first-order valence-electron chi connectivity index (χ1n) is 5.00. The van der Waals surface area contributed by atoms with Gasteiger partial charge in [0.1, 0.15) is 0 Å². The van der Waals surface area contributed by atoms with Gasteiger partial charge >= 0.3 is 0 Å². The Morgan fingerprint density at radius 2 is 1.80 bits per heavy atom. The highest BCUT2D eigenvalue weighted by Gasteiger charge is 2.17. The van der Waals surface area contributed by atoms with Crippen molar-refractivity contribution in [2.75, 3.05) is 0 Å². The average molecular weight is 213 g/mol. The number of hydrogen-bond donors (Lipinski definition) is 1. The summed E-state index contributed by atoms with van der Waals surface area (Å²) in [5.41, 5.74) is 6.63. The standard InChI is InChI=1S/C12H17F2N/c1-12(2,3)7-11(15)8-4-5-9(13)10(14)6-8/h4-6,11H,7,15H2,1-3H3/t11-/m1/s1. The van der Waals surface area contributed by atoms with E-state index in [0.717, 1.165) is 12.5 Å². The maximum absolute atomic E-state index is 12.9. The Bertz CT molecular complexity index is 342. The van der Waals surface area contributed by atoms with E-state index in [1.54, 1.807) is 0 Å². The topological polar surface area (TPSA) is 26.0 Å².